The first-order valence-corrected chi connectivity index (χ1v) is 5.93. The average Bonchev–Trinajstić information content (AvgIpc) is 2.75. The molecule has 2 atom stereocenters. The van der Waals surface area contributed by atoms with Gasteiger partial charge in [-0.1, -0.05) is 6.92 Å². The summed E-state index contributed by atoms with van der Waals surface area (Å²) in [5.74, 6) is -1.06. The van der Waals surface area contributed by atoms with E-state index in [0.717, 1.165) is 0 Å². The van der Waals surface area contributed by atoms with Crippen LogP contribution in [-0.2, 0) is 4.79 Å². The predicted octanol–water partition coefficient (Wildman–Crippen LogP) is 0.806. The molecule has 1 aliphatic heterocycles. The maximum Gasteiger partial charge on any atom is 0.404 e. The lowest BCUT2D eigenvalue weighted by Gasteiger charge is -2.31. The lowest BCUT2D eigenvalue weighted by atomic mass is 9.85. The van der Waals surface area contributed by atoms with Crippen molar-refractivity contribution in [3.8, 4) is 0 Å². The summed E-state index contributed by atoms with van der Waals surface area (Å²) in [6, 6.07) is 0. The van der Waals surface area contributed by atoms with Crippen LogP contribution in [0.5, 0.6) is 0 Å². The lowest BCUT2D eigenvalue weighted by Crippen LogP contribution is -2.54. The van der Waals surface area contributed by atoms with Crippen molar-refractivity contribution < 1.29 is 23.1 Å². The maximum absolute atomic E-state index is 13.0. The highest BCUT2D eigenvalue weighted by Crippen LogP contribution is 2.43. The number of carbonyl (C=O) groups excluding carboxylic acids is 1. The molecule has 1 heterocycles. The molecule has 0 aliphatic carbocycles. The Labute approximate surface area is 104 Å². The van der Waals surface area contributed by atoms with Gasteiger partial charge in [-0.2, -0.15) is 13.2 Å². The van der Waals surface area contributed by atoms with Gasteiger partial charge in [0.2, 0.25) is 5.91 Å². The minimum absolute atomic E-state index is 0.164. The quantitative estimate of drug-likeness (QED) is 0.707. The zero-order valence-electron chi connectivity index (χ0n) is 10.5. The van der Waals surface area contributed by atoms with Crippen molar-refractivity contribution in [1.82, 2.24) is 10.6 Å². The molecule has 0 radical (unpaired) electrons. The van der Waals surface area contributed by atoms with Gasteiger partial charge in [-0.3, -0.25) is 4.79 Å². The van der Waals surface area contributed by atoms with Crippen LogP contribution in [0.4, 0.5) is 13.2 Å². The van der Waals surface area contributed by atoms with Crippen molar-refractivity contribution in [2.75, 3.05) is 19.6 Å². The summed E-state index contributed by atoms with van der Waals surface area (Å²) in [5.41, 5.74) is -3.55. The van der Waals surface area contributed by atoms with Gasteiger partial charge >= 0.3 is 6.18 Å². The molecule has 0 aromatic rings. The van der Waals surface area contributed by atoms with Gasteiger partial charge in [0.25, 0.3) is 0 Å². The fraction of sp³-hybridized carbons (Fsp3) is 0.909. The minimum Gasteiger partial charge on any atom is -0.388 e. The predicted molar refractivity (Wildman–Crippen MR) is 59.9 cm³/mol. The molecular formula is C11H19F3N2O2. The van der Waals surface area contributed by atoms with E-state index in [2.05, 4.69) is 10.6 Å². The Morgan fingerprint density at radius 1 is 1.50 bits per heavy atom. The Morgan fingerprint density at radius 3 is 2.50 bits per heavy atom. The van der Waals surface area contributed by atoms with E-state index in [1.54, 1.807) is 6.92 Å². The number of carbonyl (C=O) groups is 1. The van der Waals surface area contributed by atoms with Crippen LogP contribution in [-0.4, -0.2) is 42.4 Å². The molecule has 3 N–H and O–H groups in total. The topological polar surface area (TPSA) is 61.4 Å². The number of alkyl halides is 3. The SMILES string of the molecule is CCC(C)(O)CNC(=O)C1(C(F)(F)F)CCNC1. The molecule has 0 spiro atoms. The van der Waals surface area contributed by atoms with Crippen LogP contribution in [0, 0.1) is 5.41 Å². The summed E-state index contributed by atoms with van der Waals surface area (Å²) in [7, 11) is 0. The van der Waals surface area contributed by atoms with Gasteiger partial charge in [0.1, 0.15) is 0 Å². The van der Waals surface area contributed by atoms with Crippen LogP contribution >= 0.6 is 0 Å². The number of rotatable bonds is 4. The smallest absolute Gasteiger partial charge is 0.388 e. The van der Waals surface area contributed by atoms with Gasteiger partial charge in [0, 0.05) is 13.1 Å². The number of hydrogen-bond donors (Lipinski definition) is 3. The van der Waals surface area contributed by atoms with Gasteiger partial charge < -0.3 is 15.7 Å². The Hall–Kier alpha value is -0.820. The summed E-state index contributed by atoms with van der Waals surface area (Å²) >= 11 is 0. The van der Waals surface area contributed by atoms with E-state index < -0.39 is 29.6 Å². The highest BCUT2D eigenvalue weighted by atomic mass is 19.4. The zero-order valence-corrected chi connectivity index (χ0v) is 10.5. The molecule has 7 heteroatoms. The summed E-state index contributed by atoms with van der Waals surface area (Å²) in [6.07, 6.45) is -4.50. The van der Waals surface area contributed by atoms with Crippen molar-refractivity contribution in [3.63, 3.8) is 0 Å². The summed E-state index contributed by atoms with van der Waals surface area (Å²) in [5, 5.41) is 14.5. The maximum atomic E-state index is 13.0. The molecule has 18 heavy (non-hydrogen) atoms. The van der Waals surface area contributed by atoms with Crippen LogP contribution in [0.2, 0.25) is 0 Å². The largest absolute Gasteiger partial charge is 0.404 e. The van der Waals surface area contributed by atoms with Crippen molar-refractivity contribution in [2.45, 2.75) is 38.5 Å². The van der Waals surface area contributed by atoms with Crippen molar-refractivity contribution in [3.05, 3.63) is 0 Å². The van der Waals surface area contributed by atoms with Crippen LogP contribution < -0.4 is 10.6 Å². The van der Waals surface area contributed by atoms with E-state index in [0.29, 0.717) is 6.42 Å². The van der Waals surface area contributed by atoms with E-state index >= 15 is 0 Å². The molecule has 1 rings (SSSR count). The average molecular weight is 268 g/mol. The normalized spacial score (nSPS) is 27.9. The van der Waals surface area contributed by atoms with E-state index in [9.17, 15) is 23.1 Å². The molecule has 1 aliphatic rings. The molecule has 1 fully saturated rings. The van der Waals surface area contributed by atoms with Crippen molar-refractivity contribution in [2.24, 2.45) is 5.41 Å². The molecule has 0 bridgehead atoms. The number of halogens is 3. The third kappa shape index (κ3) is 2.95. The zero-order chi connectivity index (χ0) is 14.0. The van der Waals surface area contributed by atoms with E-state index in [1.807, 2.05) is 0 Å². The van der Waals surface area contributed by atoms with Crippen LogP contribution in [0.1, 0.15) is 26.7 Å². The first kappa shape index (κ1) is 15.2. The summed E-state index contributed by atoms with van der Waals surface area (Å²) in [6.45, 7) is 2.75. The van der Waals surface area contributed by atoms with Crippen molar-refractivity contribution in [1.29, 1.82) is 0 Å². The third-order valence-electron chi connectivity index (χ3n) is 3.52. The minimum atomic E-state index is -4.58. The highest BCUT2D eigenvalue weighted by Gasteiger charge is 2.61. The second-order valence-electron chi connectivity index (χ2n) is 5.04. The molecular weight excluding hydrogens is 249 g/mol. The Balaban J connectivity index is 2.74. The van der Waals surface area contributed by atoms with Crippen LogP contribution in [0.25, 0.3) is 0 Å². The standard InChI is InChI=1S/C11H19F3N2O2/c1-3-9(2,18)6-16-8(17)10(11(12,13)14)4-5-15-7-10/h15,18H,3-7H2,1-2H3,(H,16,17). The summed E-state index contributed by atoms with van der Waals surface area (Å²) in [4.78, 5) is 11.8. The molecule has 1 amide bonds. The highest BCUT2D eigenvalue weighted by molar-refractivity contribution is 5.84. The molecule has 106 valence electrons. The van der Waals surface area contributed by atoms with E-state index in [-0.39, 0.29) is 19.5 Å². The fourth-order valence-corrected chi connectivity index (χ4v) is 1.82. The number of nitrogens with one attached hydrogen (secondary N) is 2. The second-order valence-corrected chi connectivity index (χ2v) is 5.04. The third-order valence-corrected chi connectivity index (χ3v) is 3.52. The Bertz CT molecular complexity index is 310. The fourth-order valence-electron chi connectivity index (χ4n) is 1.82. The monoisotopic (exact) mass is 268 g/mol. The lowest BCUT2D eigenvalue weighted by molar-refractivity contribution is -0.216. The van der Waals surface area contributed by atoms with Gasteiger partial charge in [-0.05, 0) is 26.3 Å². The second kappa shape index (κ2) is 5.05. The first-order chi connectivity index (χ1) is 8.15. The van der Waals surface area contributed by atoms with Gasteiger partial charge in [-0.15, -0.1) is 0 Å². The molecule has 0 saturated carbocycles. The van der Waals surface area contributed by atoms with Crippen LogP contribution in [0.15, 0.2) is 0 Å². The van der Waals surface area contributed by atoms with Gasteiger partial charge in [0.15, 0.2) is 5.41 Å². The molecule has 2 unspecified atom stereocenters. The number of hydrogen-bond acceptors (Lipinski definition) is 3. The molecule has 4 nitrogen and oxygen atoms in total. The van der Waals surface area contributed by atoms with Gasteiger partial charge in [-0.25, -0.2) is 0 Å². The molecule has 1 saturated heterocycles. The van der Waals surface area contributed by atoms with Crippen molar-refractivity contribution >= 4 is 5.91 Å². The number of aliphatic hydroxyl groups is 1. The van der Waals surface area contributed by atoms with Crippen LogP contribution in [0.3, 0.4) is 0 Å². The summed E-state index contributed by atoms with van der Waals surface area (Å²) < 4.78 is 39.0. The number of amides is 1. The van der Waals surface area contributed by atoms with E-state index in [1.165, 1.54) is 6.92 Å². The Morgan fingerprint density at radius 2 is 2.11 bits per heavy atom. The first-order valence-electron chi connectivity index (χ1n) is 5.93. The molecule has 0 aromatic carbocycles. The van der Waals surface area contributed by atoms with E-state index in [4.69, 9.17) is 0 Å². The molecule has 0 aromatic heterocycles. The Kier molecular flexibility index (Phi) is 4.27. The van der Waals surface area contributed by atoms with Gasteiger partial charge in [0.05, 0.1) is 5.60 Å².